The lowest BCUT2D eigenvalue weighted by Crippen LogP contribution is -2.42. The number of carbonyl (C=O) groups excluding carboxylic acids is 1. The second-order valence-corrected chi connectivity index (χ2v) is 7.45. The predicted octanol–water partition coefficient (Wildman–Crippen LogP) is 2.93. The summed E-state index contributed by atoms with van der Waals surface area (Å²) < 4.78 is 68.6. The number of carbonyl (C=O) groups is 1. The van der Waals surface area contributed by atoms with E-state index in [2.05, 4.69) is 25.1 Å². The van der Waals surface area contributed by atoms with Gasteiger partial charge in [0.1, 0.15) is 6.04 Å². The van der Waals surface area contributed by atoms with E-state index in [0.717, 1.165) is 15.3 Å². The Morgan fingerprint density at radius 1 is 1.27 bits per heavy atom. The fourth-order valence-electron chi connectivity index (χ4n) is 4.01. The Kier molecular flexibility index (Phi) is 4.68. The summed E-state index contributed by atoms with van der Waals surface area (Å²) >= 11 is 0. The third-order valence-corrected chi connectivity index (χ3v) is 5.46. The van der Waals surface area contributed by atoms with Gasteiger partial charge in [0, 0.05) is 31.9 Å². The summed E-state index contributed by atoms with van der Waals surface area (Å²) in [4.78, 5) is 25.5. The summed E-state index contributed by atoms with van der Waals surface area (Å²) in [6, 6.07) is 2.46. The molecule has 0 unspecified atom stereocenters. The fourth-order valence-corrected chi connectivity index (χ4v) is 4.01. The third kappa shape index (κ3) is 3.41. The molecule has 9 nitrogen and oxygen atoms in total. The molecule has 1 amide bonds. The fraction of sp³-hybridized carbons (Fsp3) is 0.316. The average Bonchev–Trinajstić information content (AvgIpc) is 3.48. The largest absolute Gasteiger partial charge is 0.418 e. The van der Waals surface area contributed by atoms with E-state index >= 15 is 0 Å². The number of amides is 1. The number of nitrogens with zero attached hydrogens (tertiary/aromatic N) is 7. The molecule has 0 bridgehead atoms. The minimum Gasteiger partial charge on any atom is -0.348 e. The number of nitrogens with one attached hydrogen (secondary N) is 1. The normalized spacial score (nSPS) is 16.6. The molecular formula is C19H15F5N8O. The van der Waals surface area contributed by atoms with Crippen LogP contribution >= 0.6 is 0 Å². The van der Waals surface area contributed by atoms with Gasteiger partial charge < -0.3 is 9.88 Å². The van der Waals surface area contributed by atoms with Crippen molar-refractivity contribution in [1.82, 2.24) is 39.2 Å². The zero-order valence-electron chi connectivity index (χ0n) is 16.9. The van der Waals surface area contributed by atoms with E-state index in [-0.39, 0.29) is 23.6 Å². The molecule has 1 N–H and O–H groups in total. The van der Waals surface area contributed by atoms with Gasteiger partial charge in [-0.3, -0.25) is 4.79 Å². The Morgan fingerprint density at radius 2 is 2.06 bits per heavy atom. The number of H-pyrrole nitrogens is 1. The monoisotopic (exact) mass is 466 g/mol. The first-order valence-electron chi connectivity index (χ1n) is 9.73. The molecule has 1 aliphatic heterocycles. The number of imidazole rings is 1. The lowest BCUT2D eigenvalue weighted by molar-refractivity contribution is -0.136. The van der Waals surface area contributed by atoms with Gasteiger partial charge >= 0.3 is 6.18 Å². The van der Waals surface area contributed by atoms with Crippen LogP contribution in [0.5, 0.6) is 0 Å². The lowest BCUT2D eigenvalue weighted by Gasteiger charge is -2.33. The summed E-state index contributed by atoms with van der Waals surface area (Å²) in [6.45, 7) is 0.134. The molecule has 0 aliphatic carbocycles. The second-order valence-electron chi connectivity index (χ2n) is 7.45. The highest BCUT2D eigenvalue weighted by atomic mass is 19.4. The van der Waals surface area contributed by atoms with Crippen LogP contribution in [0.25, 0.3) is 5.52 Å². The zero-order chi connectivity index (χ0) is 23.5. The molecule has 0 fully saturated rings. The lowest BCUT2D eigenvalue weighted by atomic mass is 9.99. The molecule has 1 aliphatic rings. The first-order chi connectivity index (χ1) is 15.6. The van der Waals surface area contributed by atoms with Crippen molar-refractivity contribution in [2.45, 2.75) is 25.1 Å². The summed E-state index contributed by atoms with van der Waals surface area (Å²) in [6.07, 6.45) is -4.42. The molecule has 14 heteroatoms. The average molecular weight is 466 g/mol. The second kappa shape index (κ2) is 7.35. The summed E-state index contributed by atoms with van der Waals surface area (Å²) in [5.41, 5.74) is 0.179. The van der Waals surface area contributed by atoms with E-state index in [1.165, 1.54) is 36.6 Å². The smallest absolute Gasteiger partial charge is 0.348 e. The molecule has 0 saturated heterocycles. The third-order valence-electron chi connectivity index (χ3n) is 5.46. The maximum Gasteiger partial charge on any atom is 0.418 e. The number of aryl methyl sites for hydroxylation is 1. The van der Waals surface area contributed by atoms with Crippen molar-refractivity contribution >= 4 is 11.4 Å². The van der Waals surface area contributed by atoms with Gasteiger partial charge in [-0.25, -0.2) is 27.9 Å². The Bertz CT molecular complexity index is 1350. The Labute approximate surface area is 181 Å². The Balaban J connectivity index is 1.63. The maximum atomic E-state index is 13.5. The highest BCUT2D eigenvalue weighted by Gasteiger charge is 2.39. The highest BCUT2D eigenvalue weighted by molar-refractivity contribution is 5.91. The van der Waals surface area contributed by atoms with Crippen LogP contribution in [0.4, 0.5) is 22.0 Å². The Hall–Kier alpha value is -3.84. The standard InChI is InChI=1S/C19H15F5N8O/c1-30-17(27-16(29-30)15(20)21)18(33)31-6-4-10-13(26-8-25-10)14(31)11-7-12-9(19(22,23)24)3-2-5-32(12)28-11/h2-3,5,7-8,14-15H,4,6H2,1H3,(H,25,26)/t14-/m1/s1. The van der Waals surface area contributed by atoms with Gasteiger partial charge in [0.15, 0.2) is 0 Å². The van der Waals surface area contributed by atoms with Gasteiger partial charge in [-0.05, 0) is 18.2 Å². The quantitative estimate of drug-likeness (QED) is 0.469. The van der Waals surface area contributed by atoms with E-state index in [4.69, 9.17) is 0 Å². The number of halogens is 5. The SMILES string of the molecule is Cn1nc(C(F)F)nc1C(=O)N1CCc2[nH]cnc2[C@H]1c1cc2c(C(F)(F)F)cccn2n1. The number of rotatable bonds is 3. The minimum atomic E-state index is -4.61. The van der Waals surface area contributed by atoms with Crippen LogP contribution in [-0.4, -0.2) is 51.7 Å². The van der Waals surface area contributed by atoms with E-state index in [9.17, 15) is 26.7 Å². The molecule has 4 aromatic rings. The number of aromatic nitrogens is 7. The molecule has 5 heterocycles. The van der Waals surface area contributed by atoms with Gasteiger partial charge in [-0.15, -0.1) is 5.10 Å². The van der Waals surface area contributed by atoms with Gasteiger partial charge in [0.25, 0.3) is 12.3 Å². The van der Waals surface area contributed by atoms with Crippen molar-refractivity contribution in [3.05, 3.63) is 65.0 Å². The van der Waals surface area contributed by atoms with Crippen LogP contribution in [0.15, 0.2) is 30.7 Å². The van der Waals surface area contributed by atoms with Crippen LogP contribution in [0, 0.1) is 0 Å². The molecular weight excluding hydrogens is 451 g/mol. The van der Waals surface area contributed by atoms with E-state index < -0.39 is 35.9 Å². The van der Waals surface area contributed by atoms with Crippen molar-refractivity contribution < 1.29 is 26.7 Å². The van der Waals surface area contributed by atoms with Crippen molar-refractivity contribution in [1.29, 1.82) is 0 Å². The molecule has 33 heavy (non-hydrogen) atoms. The van der Waals surface area contributed by atoms with Crippen molar-refractivity contribution in [3.8, 4) is 0 Å². The molecule has 0 aromatic carbocycles. The van der Waals surface area contributed by atoms with E-state index in [0.29, 0.717) is 17.8 Å². The van der Waals surface area contributed by atoms with E-state index in [1.54, 1.807) is 0 Å². The van der Waals surface area contributed by atoms with Crippen LogP contribution in [-0.2, 0) is 19.6 Å². The molecule has 4 aromatic heterocycles. The number of fused-ring (bicyclic) bond motifs is 2. The van der Waals surface area contributed by atoms with Crippen LogP contribution in [0.1, 0.15) is 51.6 Å². The summed E-state index contributed by atoms with van der Waals surface area (Å²) in [7, 11) is 1.31. The number of pyridine rings is 1. The first-order valence-corrected chi connectivity index (χ1v) is 9.73. The molecule has 0 saturated carbocycles. The zero-order valence-corrected chi connectivity index (χ0v) is 16.9. The maximum absolute atomic E-state index is 13.5. The Morgan fingerprint density at radius 3 is 2.76 bits per heavy atom. The van der Waals surface area contributed by atoms with Crippen LogP contribution < -0.4 is 0 Å². The van der Waals surface area contributed by atoms with E-state index in [1.807, 2.05) is 0 Å². The van der Waals surface area contributed by atoms with Gasteiger partial charge in [0.05, 0.1) is 28.8 Å². The van der Waals surface area contributed by atoms with Crippen LogP contribution in [0.3, 0.4) is 0 Å². The molecule has 5 rings (SSSR count). The van der Waals surface area contributed by atoms with Gasteiger partial charge in [-0.2, -0.15) is 18.3 Å². The van der Waals surface area contributed by atoms with Crippen molar-refractivity contribution in [2.75, 3.05) is 6.54 Å². The number of hydrogen-bond donors (Lipinski definition) is 1. The number of aromatic amines is 1. The summed E-state index contributed by atoms with van der Waals surface area (Å²) in [5.74, 6) is -1.84. The highest BCUT2D eigenvalue weighted by Crippen LogP contribution is 2.37. The van der Waals surface area contributed by atoms with Gasteiger partial charge in [-0.1, -0.05) is 0 Å². The van der Waals surface area contributed by atoms with Crippen molar-refractivity contribution in [2.24, 2.45) is 7.05 Å². The topological polar surface area (TPSA) is 97.0 Å². The molecule has 1 atom stereocenters. The molecule has 0 radical (unpaired) electrons. The number of hydrogen-bond acceptors (Lipinski definition) is 5. The first kappa shape index (κ1) is 21.0. The molecule has 172 valence electrons. The van der Waals surface area contributed by atoms with Crippen LogP contribution in [0.2, 0.25) is 0 Å². The predicted molar refractivity (Wildman–Crippen MR) is 101 cm³/mol. The van der Waals surface area contributed by atoms with Crippen molar-refractivity contribution in [3.63, 3.8) is 0 Å². The summed E-state index contributed by atoms with van der Waals surface area (Å²) in [5, 5.41) is 7.85. The molecule has 0 spiro atoms. The van der Waals surface area contributed by atoms with Gasteiger partial charge in [0.2, 0.25) is 11.6 Å². The minimum absolute atomic E-state index is 0.134. The number of alkyl halides is 5.